The number of rotatable bonds is 6. The van der Waals surface area contributed by atoms with E-state index in [1.807, 2.05) is 5.48 Å². The predicted octanol–water partition coefficient (Wildman–Crippen LogP) is 3.57. The van der Waals surface area contributed by atoms with E-state index in [0.29, 0.717) is 6.07 Å². The average molecular weight is 418 g/mol. The van der Waals surface area contributed by atoms with Gasteiger partial charge in [-0.25, -0.2) is 5.48 Å². The Balaban J connectivity index is 1.90. The van der Waals surface area contributed by atoms with Crippen LogP contribution >= 0.6 is 11.6 Å². The number of nitrogens with zero attached hydrogens (tertiary/aromatic N) is 1. The van der Waals surface area contributed by atoms with Crippen LogP contribution in [-0.2, 0) is 15.8 Å². The number of nitro groups is 1. The number of anilines is 1. The van der Waals surface area contributed by atoms with Gasteiger partial charge >= 0.3 is 6.18 Å². The van der Waals surface area contributed by atoms with Gasteiger partial charge in [0.05, 0.1) is 10.5 Å². The van der Waals surface area contributed by atoms with Gasteiger partial charge in [-0.1, -0.05) is 17.7 Å². The highest BCUT2D eigenvalue weighted by Gasteiger charge is 2.30. The third-order valence-electron chi connectivity index (χ3n) is 3.25. The molecule has 2 rings (SSSR count). The summed E-state index contributed by atoms with van der Waals surface area (Å²) >= 11 is 5.65. The lowest BCUT2D eigenvalue weighted by atomic mass is 10.1. The van der Waals surface area contributed by atoms with Crippen molar-refractivity contribution in [3.05, 3.63) is 68.7 Å². The first-order chi connectivity index (χ1) is 13.1. The zero-order chi connectivity index (χ0) is 20.9. The molecule has 28 heavy (non-hydrogen) atoms. The summed E-state index contributed by atoms with van der Waals surface area (Å²) < 4.78 is 37.9. The Morgan fingerprint density at radius 3 is 2.54 bits per heavy atom. The van der Waals surface area contributed by atoms with Crippen molar-refractivity contribution in [1.29, 1.82) is 0 Å². The molecule has 2 aromatic rings. The third-order valence-corrected chi connectivity index (χ3v) is 3.57. The highest BCUT2D eigenvalue weighted by atomic mass is 35.5. The van der Waals surface area contributed by atoms with Crippen molar-refractivity contribution >= 4 is 34.8 Å². The highest BCUT2D eigenvalue weighted by Crippen LogP contribution is 2.29. The first-order valence-electron chi connectivity index (χ1n) is 7.41. The van der Waals surface area contributed by atoms with Gasteiger partial charge in [0, 0.05) is 17.3 Å². The molecule has 0 spiro atoms. The maximum atomic E-state index is 12.6. The molecule has 0 fully saturated rings. The molecule has 0 saturated carbocycles. The second kappa shape index (κ2) is 8.67. The zero-order valence-corrected chi connectivity index (χ0v) is 14.5. The van der Waals surface area contributed by atoms with Crippen molar-refractivity contribution < 1.29 is 32.5 Å². The number of nitrogens with one attached hydrogen (secondary N) is 2. The molecule has 0 bridgehead atoms. The number of hydrogen-bond donors (Lipinski definition) is 2. The SMILES string of the molecule is O=C(CONC(=O)c1cccc(C(F)(F)F)c1)Nc1ccc(Cl)c([N+](=O)[O-])c1. The van der Waals surface area contributed by atoms with Crippen molar-refractivity contribution in [2.24, 2.45) is 0 Å². The molecule has 2 amide bonds. The lowest BCUT2D eigenvalue weighted by molar-refractivity contribution is -0.384. The minimum Gasteiger partial charge on any atom is -0.324 e. The molecular formula is C16H11ClF3N3O5. The second-order valence-electron chi connectivity index (χ2n) is 5.27. The van der Waals surface area contributed by atoms with Crippen molar-refractivity contribution in [1.82, 2.24) is 5.48 Å². The van der Waals surface area contributed by atoms with Crippen LogP contribution in [0, 0.1) is 10.1 Å². The van der Waals surface area contributed by atoms with Crippen molar-refractivity contribution in [3.8, 4) is 0 Å². The molecule has 12 heteroatoms. The monoisotopic (exact) mass is 417 g/mol. The molecule has 0 unspecified atom stereocenters. The van der Waals surface area contributed by atoms with E-state index in [-0.39, 0.29) is 16.3 Å². The molecule has 2 aromatic carbocycles. The molecule has 2 N–H and O–H groups in total. The fourth-order valence-corrected chi connectivity index (χ4v) is 2.18. The topological polar surface area (TPSA) is 111 Å². The third kappa shape index (κ3) is 5.66. The van der Waals surface area contributed by atoms with Crippen molar-refractivity contribution in [3.63, 3.8) is 0 Å². The van der Waals surface area contributed by atoms with E-state index in [0.717, 1.165) is 24.3 Å². The summed E-state index contributed by atoms with van der Waals surface area (Å²) in [6.45, 7) is -0.693. The van der Waals surface area contributed by atoms with E-state index in [9.17, 15) is 32.9 Å². The second-order valence-corrected chi connectivity index (χ2v) is 5.68. The van der Waals surface area contributed by atoms with Gasteiger partial charge in [-0.05, 0) is 30.3 Å². The Bertz CT molecular complexity index is 921. The van der Waals surface area contributed by atoms with Crippen LogP contribution in [0.25, 0.3) is 0 Å². The van der Waals surface area contributed by atoms with Gasteiger partial charge in [-0.2, -0.15) is 13.2 Å². The smallest absolute Gasteiger partial charge is 0.324 e. The van der Waals surface area contributed by atoms with Crippen molar-refractivity contribution in [2.75, 3.05) is 11.9 Å². The molecule has 0 saturated heterocycles. The summed E-state index contributed by atoms with van der Waals surface area (Å²) in [5.74, 6) is -1.76. The highest BCUT2D eigenvalue weighted by molar-refractivity contribution is 6.32. The number of hydroxylamine groups is 1. The Labute approximate surface area is 160 Å². The van der Waals surface area contributed by atoms with Crippen LogP contribution < -0.4 is 10.8 Å². The Kier molecular flexibility index (Phi) is 6.54. The molecule has 0 aromatic heterocycles. The summed E-state index contributed by atoms with van der Waals surface area (Å²) in [4.78, 5) is 38.3. The first kappa shape index (κ1) is 21.1. The van der Waals surface area contributed by atoms with Gasteiger partial charge in [0.15, 0.2) is 6.61 Å². The van der Waals surface area contributed by atoms with E-state index in [1.54, 1.807) is 0 Å². The van der Waals surface area contributed by atoms with Gasteiger partial charge in [0.2, 0.25) is 0 Å². The largest absolute Gasteiger partial charge is 0.416 e. The number of amides is 2. The standard InChI is InChI=1S/C16H11ClF3N3O5/c17-12-5-4-11(7-13(12)23(26)27)21-14(24)8-28-22-15(25)9-2-1-3-10(6-9)16(18,19)20/h1-7H,8H2,(H,21,24)(H,22,25). The molecule has 0 aliphatic rings. The molecule has 148 valence electrons. The number of halogens is 4. The quantitative estimate of drug-likeness (QED) is 0.551. The van der Waals surface area contributed by atoms with Gasteiger partial charge < -0.3 is 5.32 Å². The van der Waals surface area contributed by atoms with Crippen LogP contribution in [-0.4, -0.2) is 23.3 Å². The minimum absolute atomic E-state index is 0.0638. The van der Waals surface area contributed by atoms with E-state index >= 15 is 0 Å². The number of benzene rings is 2. The molecule has 8 nitrogen and oxygen atoms in total. The van der Waals surface area contributed by atoms with Gasteiger partial charge in [-0.15, -0.1) is 0 Å². The van der Waals surface area contributed by atoms with Crippen LogP contribution in [0.4, 0.5) is 24.5 Å². The zero-order valence-electron chi connectivity index (χ0n) is 13.7. The summed E-state index contributed by atoms with van der Waals surface area (Å²) in [6, 6.07) is 7.18. The fourth-order valence-electron chi connectivity index (χ4n) is 1.99. The number of alkyl halides is 3. The maximum Gasteiger partial charge on any atom is 0.416 e. The number of hydrogen-bond acceptors (Lipinski definition) is 5. The van der Waals surface area contributed by atoms with Gasteiger partial charge in [0.1, 0.15) is 5.02 Å². The molecule has 0 aliphatic heterocycles. The molecule has 0 radical (unpaired) electrons. The normalized spacial score (nSPS) is 11.0. The van der Waals surface area contributed by atoms with Crippen LogP contribution in [0.1, 0.15) is 15.9 Å². The summed E-state index contributed by atoms with van der Waals surface area (Å²) in [7, 11) is 0. The molecule has 0 aliphatic carbocycles. The van der Waals surface area contributed by atoms with E-state index in [4.69, 9.17) is 11.6 Å². The average Bonchev–Trinajstić information content (AvgIpc) is 2.62. The number of carbonyl (C=O) groups is 2. The van der Waals surface area contributed by atoms with E-state index < -0.39 is 40.8 Å². The minimum atomic E-state index is -4.61. The van der Waals surface area contributed by atoms with E-state index in [2.05, 4.69) is 10.2 Å². The van der Waals surface area contributed by atoms with Crippen molar-refractivity contribution in [2.45, 2.75) is 6.18 Å². The Morgan fingerprint density at radius 2 is 1.89 bits per heavy atom. The summed E-state index contributed by atoms with van der Waals surface area (Å²) in [5.41, 5.74) is 0.154. The number of nitro benzene ring substituents is 1. The van der Waals surface area contributed by atoms with E-state index in [1.165, 1.54) is 12.1 Å². The maximum absolute atomic E-state index is 12.6. The lowest BCUT2D eigenvalue weighted by Gasteiger charge is -2.09. The fraction of sp³-hybridized carbons (Fsp3) is 0.125. The van der Waals surface area contributed by atoms with Crippen LogP contribution in [0.2, 0.25) is 5.02 Å². The van der Waals surface area contributed by atoms with Gasteiger partial charge in [0.25, 0.3) is 17.5 Å². The van der Waals surface area contributed by atoms with Crippen LogP contribution in [0.5, 0.6) is 0 Å². The number of carbonyl (C=O) groups excluding carboxylic acids is 2. The first-order valence-corrected chi connectivity index (χ1v) is 7.79. The van der Waals surface area contributed by atoms with Crippen LogP contribution in [0.15, 0.2) is 42.5 Å². The molecular weight excluding hydrogens is 407 g/mol. The molecule has 0 atom stereocenters. The Morgan fingerprint density at radius 1 is 1.18 bits per heavy atom. The lowest BCUT2D eigenvalue weighted by Crippen LogP contribution is -2.29. The summed E-state index contributed by atoms with van der Waals surface area (Å²) in [5, 5.41) is 13.0. The summed E-state index contributed by atoms with van der Waals surface area (Å²) in [6.07, 6.45) is -4.61. The predicted molar refractivity (Wildman–Crippen MR) is 91.6 cm³/mol. The van der Waals surface area contributed by atoms with Gasteiger partial charge in [-0.3, -0.25) is 24.5 Å². The van der Waals surface area contributed by atoms with Crippen LogP contribution in [0.3, 0.4) is 0 Å². The molecule has 0 heterocycles. The Hall–Kier alpha value is -3.18.